The Morgan fingerprint density at radius 3 is 2.57 bits per heavy atom. The molecule has 2 aromatic rings. The van der Waals surface area contributed by atoms with Gasteiger partial charge in [0.05, 0.1) is 16.9 Å². The van der Waals surface area contributed by atoms with Crippen molar-refractivity contribution >= 4 is 33.2 Å². The van der Waals surface area contributed by atoms with Gasteiger partial charge in [-0.1, -0.05) is 22.0 Å². The molecule has 30 heavy (non-hydrogen) atoms. The molecule has 2 aliphatic rings. The summed E-state index contributed by atoms with van der Waals surface area (Å²) in [6, 6.07) is 13.1. The number of halogens is 1. The lowest BCUT2D eigenvalue weighted by Crippen LogP contribution is -2.35. The lowest BCUT2D eigenvalue weighted by molar-refractivity contribution is 0.0285. The molecule has 0 radical (unpaired) electrons. The number of hydrogen-bond acceptors (Lipinski definition) is 4. The van der Waals surface area contributed by atoms with Crippen LogP contribution in [0, 0.1) is 5.41 Å². The van der Waals surface area contributed by atoms with E-state index in [9.17, 15) is 9.90 Å². The Balaban J connectivity index is 1.48. The van der Waals surface area contributed by atoms with Crippen LogP contribution in [0.1, 0.15) is 49.9 Å². The number of nitrogens with zero attached hydrogens (tertiary/aromatic N) is 1. The first-order chi connectivity index (χ1) is 14.2. The number of aliphatic hydroxyl groups is 1. The summed E-state index contributed by atoms with van der Waals surface area (Å²) in [5.41, 5.74) is 1.99. The number of carbonyl (C=O) groups excluding carboxylic acids is 1. The number of benzene rings is 2. The van der Waals surface area contributed by atoms with E-state index < -0.39 is 5.60 Å². The van der Waals surface area contributed by atoms with Crippen molar-refractivity contribution in [2.75, 3.05) is 29.9 Å². The van der Waals surface area contributed by atoms with Crippen LogP contribution >= 0.6 is 15.9 Å². The molecular formula is C24H29BrN2O3. The summed E-state index contributed by atoms with van der Waals surface area (Å²) in [5.74, 6) is 0.473. The largest absolute Gasteiger partial charge is 0.491 e. The molecule has 5 nitrogen and oxygen atoms in total. The van der Waals surface area contributed by atoms with Crippen LogP contribution in [0.15, 0.2) is 46.9 Å². The molecule has 2 fully saturated rings. The average Bonchev–Trinajstić information content (AvgIpc) is 3.45. The predicted molar refractivity (Wildman–Crippen MR) is 123 cm³/mol. The Morgan fingerprint density at radius 1 is 1.17 bits per heavy atom. The zero-order chi connectivity index (χ0) is 21.4. The fourth-order valence-corrected chi connectivity index (χ4v) is 4.33. The van der Waals surface area contributed by atoms with Crippen LogP contribution in [-0.2, 0) is 0 Å². The summed E-state index contributed by atoms with van der Waals surface area (Å²) in [7, 11) is 0. The molecule has 4 rings (SSSR count). The molecule has 0 atom stereocenters. The van der Waals surface area contributed by atoms with E-state index in [1.807, 2.05) is 36.4 Å². The molecule has 2 aromatic carbocycles. The van der Waals surface area contributed by atoms with Gasteiger partial charge in [-0.3, -0.25) is 4.79 Å². The monoisotopic (exact) mass is 472 g/mol. The second kappa shape index (κ2) is 8.23. The SMILES string of the molecule is CC(C)(O)COc1cccc(NC(=O)c2ccc(Br)cc2N2CCC3(CC2)CC3)c1. The van der Waals surface area contributed by atoms with Crippen molar-refractivity contribution in [2.24, 2.45) is 5.41 Å². The average molecular weight is 473 g/mol. The number of anilines is 2. The maximum Gasteiger partial charge on any atom is 0.257 e. The molecular weight excluding hydrogens is 444 g/mol. The lowest BCUT2D eigenvalue weighted by atomic mass is 9.93. The van der Waals surface area contributed by atoms with Gasteiger partial charge in [0, 0.05) is 29.3 Å². The van der Waals surface area contributed by atoms with Gasteiger partial charge in [0.1, 0.15) is 12.4 Å². The minimum absolute atomic E-state index is 0.135. The van der Waals surface area contributed by atoms with E-state index in [-0.39, 0.29) is 12.5 Å². The van der Waals surface area contributed by atoms with Crippen LogP contribution in [0.5, 0.6) is 5.75 Å². The molecule has 160 valence electrons. The highest BCUT2D eigenvalue weighted by Crippen LogP contribution is 2.54. The Morgan fingerprint density at radius 2 is 1.90 bits per heavy atom. The van der Waals surface area contributed by atoms with E-state index in [1.165, 1.54) is 25.7 Å². The van der Waals surface area contributed by atoms with Gasteiger partial charge in [-0.05, 0) is 75.3 Å². The van der Waals surface area contributed by atoms with Gasteiger partial charge < -0.3 is 20.1 Å². The van der Waals surface area contributed by atoms with Crippen molar-refractivity contribution in [3.05, 3.63) is 52.5 Å². The summed E-state index contributed by atoms with van der Waals surface area (Å²) in [6.45, 7) is 5.56. The zero-order valence-electron chi connectivity index (χ0n) is 17.6. The van der Waals surface area contributed by atoms with Gasteiger partial charge in [-0.2, -0.15) is 0 Å². The first-order valence-electron chi connectivity index (χ1n) is 10.5. The molecule has 2 N–H and O–H groups in total. The molecule has 1 saturated heterocycles. The number of rotatable bonds is 6. The van der Waals surface area contributed by atoms with E-state index in [4.69, 9.17) is 4.74 Å². The van der Waals surface area contributed by atoms with Crippen LogP contribution < -0.4 is 15.0 Å². The second-order valence-corrected chi connectivity index (χ2v) is 10.1. The minimum Gasteiger partial charge on any atom is -0.491 e. The molecule has 1 heterocycles. The van der Waals surface area contributed by atoms with Crippen molar-refractivity contribution in [1.29, 1.82) is 0 Å². The molecule has 1 aliphatic carbocycles. The lowest BCUT2D eigenvalue weighted by Gasteiger charge is -2.35. The van der Waals surface area contributed by atoms with Crippen molar-refractivity contribution in [3.63, 3.8) is 0 Å². The maximum atomic E-state index is 13.1. The van der Waals surface area contributed by atoms with Gasteiger partial charge in [-0.25, -0.2) is 0 Å². The normalized spacial score (nSPS) is 17.7. The summed E-state index contributed by atoms with van der Waals surface area (Å²) >= 11 is 3.56. The fourth-order valence-electron chi connectivity index (χ4n) is 3.98. The molecule has 1 aliphatic heterocycles. The third kappa shape index (κ3) is 5.16. The van der Waals surface area contributed by atoms with E-state index in [1.54, 1.807) is 19.9 Å². The molecule has 0 aromatic heterocycles. The number of hydrogen-bond donors (Lipinski definition) is 2. The van der Waals surface area contributed by atoms with Gasteiger partial charge in [0.2, 0.25) is 0 Å². The van der Waals surface area contributed by atoms with E-state index in [2.05, 4.69) is 26.1 Å². The summed E-state index contributed by atoms with van der Waals surface area (Å²) in [4.78, 5) is 15.5. The van der Waals surface area contributed by atoms with Crippen LogP contribution in [0.2, 0.25) is 0 Å². The van der Waals surface area contributed by atoms with Gasteiger partial charge in [0.15, 0.2) is 0 Å². The molecule has 1 saturated carbocycles. The molecule has 1 amide bonds. The standard InChI is InChI=1S/C24H29BrN2O3/c1-23(2,29)16-30-19-5-3-4-18(15-19)26-22(28)20-7-6-17(25)14-21(20)27-12-10-24(8-9-24)11-13-27/h3-7,14-15,29H,8-13,16H2,1-2H3,(H,26,28). The minimum atomic E-state index is -0.918. The highest BCUT2D eigenvalue weighted by Gasteiger charge is 2.44. The Bertz CT molecular complexity index is 924. The van der Waals surface area contributed by atoms with Crippen molar-refractivity contribution in [1.82, 2.24) is 0 Å². The quantitative estimate of drug-likeness (QED) is 0.603. The third-order valence-corrected chi connectivity index (χ3v) is 6.50. The van der Waals surface area contributed by atoms with Crippen molar-refractivity contribution in [2.45, 2.75) is 45.1 Å². The first kappa shape index (κ1) is 21.2. The Kier molecular flexibility index (Phi) is 5.82. The summed E-state index contributed by atoms with van der Waals surface area (Å²) < 4.78 is 6.62. The Labute approximate surface area is 186 Å². The molecule has 6 heteroatoms. The second-order valence-electron chi connectivity index (χ2n) is 9.23. The van der Waals surface area contributed by atoms with Crippen LogP contribution in [-0.4, -0.2) is 36.3 Å². The van der Waals surface area contributed by atoms with Crippen LogP contribution in [0.3, 0.4) is 0 Å². The number of nitrogens with one attached hydrogen (secondary N) is 1. The van der Waals surface area contributed by atoms with Gasteiger partial charge in [-0.15, -0.1) is 0 Å². The zero-order valence-corrected chi connectivity index (χ0v) is 19.2. The Hall–Kier alpha value is -2.05. The van der Waals surface area contributed by atoms with Crippen LogP contribution in [0.4, 0.5) is 11.4 Å². The number of piperidine rings is 1. The van der Waals surface area contributed by atoms with E-state index in [0.717, 1.165) is 23.2 Å². The number of amides is 1. The molecule has 1 spiro atoms. The third-order valence-electron chi connectivity index (χ3n) is 6.01. The first-order valence-corrected chi connectivity index (χ1v) is 11.3. The summed E-state index contributed by atoms with van der Waals surface area (Å²) in [6.07, 6.45) is 5.14. The van der Waals surface area contributed by atoms with Crippen molar-refractivity contribution in [3.8, 4) is 5.75 Å². The van der Waals surface area contributed by atoms with Gasteiger partial charge in [0.25, 0.3) is 5.91 Å². The highest BCUT2D eigenvalue weighted by atomic mass is 79.9. The molecule has 0 bridgehead atoms. The van der Waals surface area contributed by atoms with Gasteiger partial charge >= 0.3 is 0 Å². The summed E-state index contributed by atoms with van der Waals surface area (Å²) in [5, 5.41) is 12.9. The molecule has 0 unspecified atom stereocenters. The van der Waals surface area contributed by atoms with Crippen molar-refractivity contribution < 1.29 is 14.6 Å². The fraction of sp³-hybridized carbons (Fsp3) is 0.458. The topological polar surface area (TPSA) is 61.8 Å². The highest BCUT2D eigenvalue weighted by molar-refractivity contribution is 9.10. The predicted octanol–water partition coefficient (Wildman–Crippen LogP) is 5.23. The number of carbonyl (C=O) groups is 1. The number of ether oxygens (including phenoxy) is 1. The smallest absolute Gasteiger partial charge is 0.257 e. The van der Waals surface area contributed by atoms with E-state index in [0.29, 0.717) is 22.4 Å². The maximum absolute atomic E-state index is 13.1. The van der Waals surface area contributed by atoms with Crippen LogP contribution in [0.25, 0.3) is 0 Å². The van der Waals surface area contributed by atoms with E-state index >= 15 is 0 Å².